The zero-order chi connectivity index (χ0) is 12.1. The normalized spacial score (nSPS) is 9.94. The molecule has 88 valence electrons. The molecule has 0 aliphatic heterocycles. The van der Waals surface area contributed by atoms with Crippen LogP contribution in [0.15, 0.2) is 40.9 Å². The Morgan fingerprint density at radius 2 is 2.18 bits per heavy atom. The molecule has 0 aliphatic rings. The first-order valence-electron chi connectivity index (χ1n) is 5.25. The molecule has 0 saturated carbocycles. The maximum Gasteiger partial charge on any atom is 0.360 e. The van der Waals surface area contributed by atoms with Crippen molar-refractivity contribution in [3.8, 4) is 0 Å². The summed E-state index contributed by atoms with van der Waals surface area (Å²) in [7, 11) is 0. The van der Waals surface area contributed by atoms with Gasteiger partial charge in [-0.3, -0.25) is 0 Å². The van der Waals surface area contributed by atoms with Crippen molar-refractivity contribution in [2.75, 3.05) is 11.9 Å². The molecule has 5 nitrogen and oxygen atoms in total. The van der Waals surface area contributed by atoms with Gasteiger partial charge in [-0.15, -0.1) is 0 Å². The third-order valence-corrected chi connectivity index (χ3v) is 2.04. The van der Waals surface area contributed by atoms with Crippen molar-refractivity contribution >= 4 is 17.5 Å². The van der Waals surface area contributed by atoms with Crippen LogP contribution in [0.5, 0.6) is 0 Å². The zero-order valence-electron chi connectivity index (χ0n) is 9.34. The van der Waals surface area contributed by atoms with Crippen molar-refractivity contribution in [2.24, 2.45) is 0 Å². The van der Waals surface area contributed by atoms with E-state index >= 15 is 0 Å². The number of ether oxygens (including phenoxy) is 1. The molecule has 2 aromatic rings. The fourth-order valence-corrected chi connectivity index (χ4v) is 1.30. The molecule has 0 radical (unpaired) electrons. The molecule has 0 unspecified atom stereocenters. The fourth-order valence-electron chi connectivity index (χ4n) is 1.30. The van der Waals surface area contributed by atoms with Gasteiger partial charge in [-0.05, 0) is 19.1 Å². The number of carbonyl (C=O) groups is 1. The monoisotopic (exact) mass is 232 g/mol. The van der Waals surface area contributed by atoms with Crippen molar-refractivity contribution in [3.05, 3.63) is 42.1 Å². The van der Waals surface area contributed by atoms with Crippen LogP contribution < -0.4 is 5.32 Å². The summed E-state index contributed by atoms with van der Waals surface area (Å²) in [5.74, 6) is -0.0865. The maximum absolute atomic E-state index is 11.3. The Hall–Kier alpha value is -2.30. The smallest absolute Gasteiger partial charge is 0.360 e. The largest absolute Gasteiger partial charge is 0.461 e. The molecule has 0 bridgehead atoms. The van der Waals surface area contributed by atoms with Crippen LogP contribution in [0.4, 0.5) is 11.6 Å². The van der Waals surface area contributed by atoms with Crippen LogP contribution in [-0.4, -0.2) is 17.7 Å². The lowest BCUT2D eigenvalue weighted by Gasteiger charge is -1.99. The standard InChI is InChI=1S/C12H12N2O3/c1-2-16-12(15)10-8-11(17-14-10)13-9-6-4-3-5-7-9/h3-8,13H,2H2,1H3. The van der Waals surface area contributed by atoms with Crippen molar-refractivity contribution < 1.29 is 14.1 Å². The summed E-state index contributed by atoms with van der Waals surface area (Å²) in [5, 5.41) is 6.60. The molecule has 0 atom stereocenters. The molecule has 0 fully saturated rings. The quantitative estimate of drug-likeness (QED) is 0.821. The lowest BCUT2D eigenvalue weighted by molar-refractivity contribution is 0.0514. The van der Waals surface area contributed by atoms with E-state index in [4.69, 9.17) is 9.26 Å². The van der Waals surface area contributed by atoms with Gasteiger partial charge in [0.25, 0.3) is 0 Å². The molecule has 0 saturated heterocycles. The fraction of sp³-hybridized carbons (Fsp3) is 0.167. The number of esters is 1. The maximum atomic E-state index is 11.3. The molecule has 1 heterocycles. The summed E-state index contributed by atoms with van der Waals surface area (Å²) >= 11 is 0. The predicted octanol–water partition coefficient (Wildman–Crippen LogP) is 2.59. The van der Waals surface area contributed by atoms with Gasteiger partial charge in [-0.25, -0.2) is 4.79 Å². The first-order valence-corrected chi connectivity index (χ1v) is 5.25. The van der Waals surface area contributed by atoms with Gasteiger partial charge in [-0.1, -0.05) is 23.4 Å². The Morgan fingerprint density at radius 3 is 2.88 bits per heavy atom. The van der Waals surface area contributed by atoms with E-state index in [-0.39, 0.29) is 5.69 Å². The number of hydrogen-bond donors (Lipinski definition) is 1. The van der Waals surface area contributed by atoms with Crippen LogP contribution in [0.25, 0.3) is 0 Å². The van der Waals surface area contributed by atoms with Crippen molar-refractivity contribution in [1.82, 2.24) is 5.16 Å². The second-order valence-electron chi connectivity index (χ2n) is 3.29. The number of nitrogens with one attached hydrogen (secondary N) is 1. The van der Waals surface area contributed by atoms with Crippen molar-refractivity contribution in [2.45, 2.75) is 6.92 Å². The Morgan fingerprint density at radius 1 is 1.41 bits per heavy atom. The second-order valence-corrected chi connectivity index (χ2v) is 3.29. The highest BCUT2D eigenvalue weighted by Gasteiger charge is 2.13. The molecule has 0 spiro atoms. The minimum atomic E-state index is -0.489. The van der Waals surface area contributed by atoms with Crippen molar-refractivity contribution in [1.29, 1.82) is 0 Å². The Balaban J connectivity index is 2.06. The SMILES string of the molecule is CCOC(=O)c1cc(Nc2ccccc2)on1. The molecule has 1 aromatic carbocycles. The van der Waals surface area contributed by atoms with Gasteiger partial charge in [0.05, 0.1) is 6.61 Å². The van der Waals surface area contributed by atoms with E-state index in [0.717, 1.165) is 5.69 Å². The van der Waals surface area contributed by atoms with Crippen molar-refractivity contribution in [3.63, 3.8) is 0 Å². The predicted molar refractivity (Wildman–Crippen MR) is 62.2 cm³/mol. The van der Waals surface area contributed by atoms with Crippen LogP contribution in [0, 0.1) is 0 Å². The minimum Gasteiger partial charge on any atom is -0.461 e. The van der Waals surface area contributed by atoms with Crippen LogP contribution in [0.2, 0.25) is 0 Å². The summed E-state index contributed by atoms with van der Waals surface area (Å²) < 4.78 is 9.78. The number of hydrogen-bond acceptors (Lipinski definition) is 5. The number of rotatable bonds is 4. The van der Waals surface area contributed by atoms with Crippen LogP contribution >= 0.6 is 0 Å². The average Bonchev–Trinajstić information content (AvgIpc) is 2.79. The van der Waals surface area contributed by atoms with Gasteiger partial charge in [-0.2, -0.15) is 0 Å². The zero-order valence-corrected chi connectivity index (χ0v) is 9.34. The van der Waals surface area contributed by atoms with E-state index in [1.807, 2.05) is 30.3 Å². The summed E-state index contributed by atoms with van der Waals surface area (Å²) in [5.41, 5.74) is 1.02. The molecule has 17 heavy (non-hydrogen) atoms. The number of nitrogens with zero attached hydrogens (tertiary/aromatic N) is 1. The molecular formula is C12H12N2O3. The van der Waals surface area contributed by atoms with E-state index in [0.29, 0.717) is 12.5 Å². The lowest BCUT2D eigenvalue weighted by atomic mass is 10.3. The van der Waals surface area contributed by atoms with Gasteiger partial charge in [0.1, 0.15) is 0 Å². The second kappa shape index (κ2) is 5.16. The summed E-state index contributed by atoms with van der Waals surface area (Å²) in [4.78, 5) is 11.3. The first-order chi connectivity index (χ1) is 8.29. The van der Waals surface area contributed by atoms with E-state index in [9.17, 15) is 4.79 Å². The number of anilines is 2. The van der Waals surface area contributed by atoms with E-state index in [1.165, 1.54) is 6.07 Å². The molecule has 1 aromatic heterocycles. The third kappa shape index (κ3) is 2.84. The Labute approximate surface area is 98.4 Å². The summed E-state index contributed by atoms with van der Waals surface area (Å²) in [6.07, 6.45) is 0. The third-order valence-electron chi connectivity index (χ3n) is 2.04. The van der Waals surface area contributed by atoms with Gasteiger partial charge < -0.3 is 14.6 Å². The molecule has 5 heteroatoms. The minimum absolute atomic E-state index is 0.158. The Kier molecular flexibility index (Phi) is 3.40. The number of benzene rings is 1. The van der Waals surface area contributed by atoms with Gasteiger partial charge in [0, 0.05) is 11.8 Å². The van der Waals surface area contributed by atoms with Gasteiger partial charge in [0.2, 0.25) is 5.88 Å². The number of para-hydroxylation sites is 1. The summed E-state index contributed by atoms with van der Waals surface area (Å²) in [6.45, 7) is 2.05. The van der Waals surface area contributed by atoms with Crippen LogP contribution in [0.3, 0.4) is 0 Å². The van der Waals surface area contributed by atoms with E-state index in [2.05, 4.69) is 10.5 Å². The Bertz CT molecular complexity index is 493. The molecule has 0 amide bonds. The highest BCUT2D eigenvalue weighted by atomic mass is 16.5. The molecule has 0 aliphatic carbocycles. The average molecular weight is 232 g/mol. The summed E-state index contributed by atoms with van der Waals surface area (Å²) in [6, 6.07) is 11.0. The highest BCUT2D eigenvalue weighted by molar-refractivity contribution is 5.88. The lowest BCUT2D eigenvalue weighted by Crippen LogP contribution is -2.04. The van der Waals surface area contributed by atoms with Gasteiger partial charge >= 0.3 is 5.97 Å². The van der Waals surface area contributed by atoms with Crippen LogP contribution in [-0.2, 0) is 4.74 Å². The molecule has 2 rings (SSSR count). The molecular weight excluding hydrogens is 220 g/mol. The number of carbonyl (C=O) groups excluding carboxylic acids is 1. The van der Waals surface area contributed by atoms with E-state index < -0.39 is 5.97 Å². The van der Waals surface area contributed by atoms with Crippen LogP contribution in [0.1, 0.15) is 17.4 Å². The molecule has 1 N–H and O–H groups in total. The van der Waals surface area contributed by atoms with E-state index in [1.54, 1.807) is 6.92 Å². The first kappa shape index (κ1) is 11.2. The van der Waals surface area contributed by atoms with Gasteiger partial charge in [0.15, 0.2) is 5.69 Å². The highest BCUT2D eigenvalue weighted by Crippen LogP contribution is 2.17. The number of aromatic nitrogens is 1. The topological polar surface area (TPSA) is 64.4 Å².